The summed E-state index contributed by atoms with van der Waals surface area (Å²) in [5.74, 6) is 1.41. The molecule has 0 fully saturated rings. The predicted molar refractivity (Wildman–Crippen MR) is 79.8 cm³/mol. The van der Waals surface area contributed by atoms with Crippen LogP contribution in [0.2, 0.25) is 0 Å². The van der Waals surface area contributed by atoms with Crippen LogP contribution < -0.4 is 10.5 Å². The highest BCUT2D eigenvalue weighted by molar-refractivity contribution is 5.87. The molecule has 3 aromatic rings. The van der Waals surface area contributed by atoms with Crippen LogP contribution in [0.15, 0.2) is 40.8 Å². The van der Waals surface area contributed by atoms with Crippen molar-refractivity contribution in [1.82, 2.24) is 4.98 Å². The van der Waals surface area contributed by atoms with Crippen LogP contribution in [-0.2, 0) is 0 Å². The van der Waals surface area contributed by atoms with E-state index in [2.05, 4.69) is 4.98 Å². The molecule has 102 valence electrons. The quantitative estimate of drug-likeness (QED) is 0.734. The first-order chi connectivity index (χ1) is 9.67. The van der Waals surface area contributed by atoms with Gasteiger partial charge in [-0.05, 0) is 55.8 Å². The maximum Gasteiger partial charge on any atom is 0.227 e. The predicted octanol–water partition coefficient (Wildman–Crippen LogP) is 3.78. The molecule has 0 unspecified atom stereocenters. The number of anilines is 1. The van der Waals surface area contributed by atoms with Crippen molar-refractivity contribution in [3.05, 3.63) is 42.0 Å². The lowest BCUT2D eigenvalue weighted by Crippen LogP contribution is -1.90. The second-order valence-corrected chi connectivity index (χ2v) is 4.68. The number of benzene rings is 2. The fraction of sp³-hybridized carbons (Fsp3) is 0.188. The number of nitrogen functional groups attached to an aromatic ring is 1. The van der Waals surface area contributed by atoms with Gasteiger partial charge in [-0.15, -0.1) is 0 Å². The van der Waals surface area contributed by atoms with Crippen LogP contribution in [0.4, 0.5) is 5.69 Å². The standard InChI is InChI=1S/C16H16N2O2/c1-3-19-12-6-4-11(5-7-12)16-18-14-9-10(2)8-13(17)15(14)20-16/h4-9H,3,17H2,1-2H3. The SMILES string of the molecule is CCOc1ccc(-c2nc3cc(C)cc(N)c3o2)cc1. The van der Waals surface area contributed by atoms with E-state index in [1.807, 2.05) is 50.2 Å². The van der Waals surface area contributed by atoms with Crippen LogP contribution in [0.5, 0.6) is 5.75 Å². The van der Waals surface area contributed by atoms with E-state index in [1.165, 1.54) is 0 Å². The summed E-state index contributed by atoms with van der Waals surface area (Å²) in [5, 5.41) is 0. The molecule has 20 heavy (non-hydrogen) atoms. The summed E-state index contributed by atoms with van der Waals surface area (Å²) in [6.07, 6.45) is 0. The Balaban J connectivity index is 2.03. The van der Waals surface area contributed by atoms with Gasteiger partial charge in [0.05, 0.1) is 12.3 Å². The summed E-state index contributed by atoms with van der Waals surface area (Å²) in [7, 11) is 0. The van der Waals surface area contributed by atoms with E-state index in [1.54, 1.807) is 0 Å². The van der Waals surface area contributed by atoms with Gasteiger partial charge in [-0.3, -0.25) is 0 Å². The topological polar surface area (TPSA) is 61.3 Å². The van der Waals surface area contributed by atoms with Crippen molar-refractivity contribution in [1.29, 1.82) is 0 Å². The van der Waals surface area contributed by atoms with Gasteiger partial charge in [0.15, 0.2) is 5.58 Å². The number of nitrogens with zero attached hydrogens (tertiary/aromatic N) is 1. The van der Waals surface area contributed by atoms with Crippen LogP contribution in [0.25, 0.3) is 22.6 Å². The molecule has 0 radical (unpaired) electrons. The Hall–Kier alpha value is -2.49. The van der Waals surface area contributed by atoms with Crippen molar-refractivity contribution < 1.29 is 9.15 Å². The summed E-state index contributed by atoms with van der Waals surface area (Å²) in [6, 6.07) is 11.5. The zero-order valence-corrected chi connectivity index (χ0v) is 11.5. The number of aryl methyl sites for hydroxylation is 1. The van der Waals surface area contributed by atoms with Crippen molar-refractivity contribution in [2.75, 3.05) is 12.3 Å². The lowest BCUT2D eigenvalue weighted by Gasteiger charge is -2.02. The molecule has 1 heterocycles. The zero-order chi connectivity index (χ0) is 14.1. The highest BCUT2D eigenvalue weighted by Gasteiger charge is 2.11. The van der Waals surface area contributed by atoms with Gasteiger partial charge < -0.3 is 14.9 Å². The van der Waals surface area contributed by atoms with Gasteiger partial charge in [-0.2, -0.15) is 0 Å². The average molecular weight is 268 g/mol. The minimum Gasteiger partial charge on any atom is -0.494 e. The molecule has 0 aliphatic heterocycles. The molecule has 0 amide bonds. The first-order valence-corrected chi connectivity index (χ1v) is 6.57. The maximum absolute atomic E-state index is 5.96. The highest BCUT2D eigenvalue weighted by atomic mass is 16.5. The van der Waals surface area contributed by atoms with Gasteiger partial charge in [0.1, 0.15) is 11.3 Å². The lowest BCUT2D eigenvalue weighted by atomic mass is 10.2. The Bertz CT molecular complexity index is 745. The minimum absolute atomic E-state index is 0.570. The third-order valence-corrected chi connectivity index (χ3v) is 3.08. The largest absolute Gasteiger partial charge is 0.494 e. The molecule has 4 nitrogen and oxygen atoms in total. The molecule has 0 aliphatic carbocycles. The molecule has 0 bridgehead atoms. The van der Waals surface area contributed by atoms with Gasteiger partial charge >= 0.3 is 0 Å². The van der Waals surface area contributed by atoms with Crippen molar-refractivity contribution in [3.63, 3.8) is 0 Å². The number of ether oxygens (including phenoxy) is 1. The fourth-order valence-corrected chi connectivity index (χ4v) is 2.19. The van der Waals surface area contributed by atoms with E-state index in [9.17, 15) is 0 Å². The summed E-state index contributed by atoms with van der Waals surface area (Å²) in [6.45, 7) is 4.60. The number of fused-ring (bicyclic) bond motifs is 1. The second kappa shape index (κ2) is 4.89. The van der Waals surface area contributed by atoms with Crippen molar-refractivity contribution in [2.45, 2.75) is 13.8 Å². The van der Waals surface area contributed by atoms with Gasteiger partial charge in [0.25, 0.3) is 0 Å². The lowest BCUT2D eigenvalue weighted by molar-refractivity contribution is 0.340. The second-order valence-electron chi connectivity index (χ2n) is 4.68. The first kappa shape index (κ1) is 12.5. The Morgan fingerprint density at radius 2 is 1.95 bits per heavy atom. The van der Waals surface area contributed by atoms with Gasteiger partial charge in [0.2, 0.25) is 5.89 Å². The van der Waals surface area contributed by atoms with E-state index in [0.717, 1.165) is 22.4 Å². The first-order valence-electron chi connectivity index (χ1n) is 6.57. The van der Waals surface area contributed by atoms with Crippen LogP contribution in [-0.4, -0.2) is 11.6 Å². The van der Waals surface area contributed by atoms with E-state index >= 15 is 0 Å². The molecular weight excluding hydrogens is 252 g/mol. The number of rotatable bonds is 3. The van der Waals surface area contributed by atoms with Gasteiger partial charge in [-0.25, -0.2) is 4.98 Å². The van der Waals surface area contributed by atoms with Crippen molar-refractivity contribution >= 4 is 16.8 Å². The third kappa shape index (κ3) is 2.20. The van der Waals surface area contributed by atoms with Crippen molar-refractivity contribution in [2.24, 2.45) is 0 Å². The number of oxazole rings is 1. The number of nitrogens with two attached hydrogens (primary N) is 1. The van der Waals surface area contributed by atoms with E-state index in [0.29, 0.717) is 23.8 Å². The molecule has 0 atom stereocenters. The molecule has 2 N–H and O–H groups in total. The third-order valence-electron chi connectivity index (χ3n) is 3.08. The molecule has 1 aromatic heterocycles. The summed E-state index contributed by atoms with van der Waals surface area (Å²) in [4.78, 5) is 4.49. The van der Waals surface area contributed by atoms with Crippen LogP contribution in [0, 0.1) is 6.92 Å². The normalized spacial score (nSPS) is 10.9. The Kier molecular flexibility index (Phi) is 3.06. The van der Waals surface area contributed by atoms with E-state index in [4.69, 9.17) is 14.9 Å². The molecule has 4 heteroatoms. The van der Waals surface area contributed by atoms with Gasteiger partial charge in [-0.1, -0.05) is 0 Å². The van der Waals surface area contributed by atoms with Crippen LogP contribution in [0.1, 0.15) is 12.5 Å². The zero-order valence-electron chi connectivity index (χ0n) is 11.5. The molecule has 2 aromatic carbocycles. The summed E-state index contributed by atoms with van der Waals surface area (Å²) >= 11 is 0. The Morgan fingerprint density at radius 3 is 2.65 bits per heavy atom. The number of aromatic nitrogens is 1. The van der Waals surface area contributed by atoms with Gasteiger partial charge in [0, 0.05) is 5.56 Å². The summed E-state index contributed by atoms with van der Waals surface area (Å²) in [5.41, 5.74) is 9.97. The molecule has 0 aliphatic rings. The van der Waals surface area contributed by atoms with Crippen molar-refractivity contribution in [3.8, 4) is 17.2 Å². The molecule has 0 spiro atoms. The fourth-order valence-electron chi connectivity index (χ4n) is 2.19. The Morgan fingerprint density at radius 1 is 1.20 bits per heavy atom. The average Bonchev–Trinajstić information content (AvgIpc) is 2.84. The smallest absolute Gasteiger partial charge is 0.227 e. The minimum atomic E-state index is 0.570. The summed E-state index contributed by atoms with van der Waals surface area (Å²) < 4.78 is 11.2. The highest BCUT2D eigenvalue weighted by Crippen LogP contribution is 2.29. The molecule has 0 saturated heterocycles. The number of hydrogen-bond acceptors (Lipinski definition) is 4. The molecule has 0 saturated carbocycles. The van der Waals surface area contributed by atoms with Crippen LogP contribution >= 0.6 is 0 Å². The molecular formula is C16H16N2O2. The van der Waals surface area contributed by atoms with Crippen LogP contribution in [0.3, 0.4) is 0 Å². The molecule has 3 rings (SSSR count). The monoisotopic (exact) mass is 268 g/mol. The number of hydrogen-bond donors (Lipinski definition) is 1. The Labute approximate surface area is 117 Å². The van der Waals surface area contributed by atoms with E-state index < -0.39 is 0 Å². The van der Waals surface area contributed by atoms with E-state index in [-0.39, 0.29) is 0 Å². The maximum atomic E-state index is 5.96.